The van der Waals surface area contributed by atoms with Gasteiger partial charge in [-0.3, -0.25) is 0 Å². The van der Waals surface area contributed by atoms with Crippen LogP contribution >= 0.6 is 0 Å². The van der Waals surface area contributed by atoms with E-state index in [2.05, 4.69) is 15.5 Å². The van der Waals surface area contributed by atoms with E-state index in [1.165, 1.54) is 12.1 Å². The van der Waals surface area contributed by atoms with Gasteiger partial charge in [-0.2, -0.15) is 4.98 Å². The predicted molar refractivity (Wildman–Crippen MR) is 108 cm³/mol. The maximum Gasteiger partial charge on any atom is 0.321 e. The van der Waals surface area contributed by atoms with Crippen molar-refractivity contribution >= 4 is 11.7 Å². The molecule has 1 N–H and O–H groups in total. The smallest absolute Gasteiger partial charge is 0.321 e. The van der Waals surface area contributed by atoms with Crippen LogP contribution in [0, 0.1) is 19.7 Å². The average Bonchev–Trinajstić information content (AvgIpc) is 3.21. The number of aromatic nitrogens is 2. The highest BCUT2D eigenvalue weighted by atomic mass is 19.1. The molecule has 2 amide bonds. The van der Waals surface area contributed by atoms with E-state index in [9.17, 15) is 9.18 Å². The summed E-state index contributed by atoms with van der Waals surface area (Å²) in [5.74, 6) is 0.607. The standard InChI is InChI=1S/C22H23FN4O2/c1-14-5-10-19(15(2)12-14)24-22(28)27-11-3-4-17(13-27)21-25-20(26-29-21)16-6-8-18(23)9-7-16/h5-10,12,17H,3-4,11,13H2,1-2H3,(H,24,28)/t17-/m0/s1. The van der Waals surface area contributed by atoms with Crippen molar-refractivity contribution in [2.45, 2.75) is 32.6 Å². The molecule has 0 saturated carbocycles. The van der Waals surface area contributed by atoms with Crippen molar-refractivity contribution in [2.24, 2.45) is 0 Å². The van der Waals surface area contributed by atoms with Crippen molar-refractivity contribution in [2.75, 3.05) is 18.4 Å². The first kappa shape index (κ1) is 19.1. The third kappa shape index (κ3) is 4.29. The Kier molecular flexibility index (Phi) is 5.29. The van der Waals surface area contributed by atoms with E-state index in [1.807, 2.05) is 32.0 Å². The molecule has 4 rings (SSSR count). The predicted octanol–water partition coefficient (Wildman–Crippen LogP) is 4.90. The first-order chi connectivity index (χ1) is 14.0. The van der Waals surface area contributed by atoms with Gasteiger partial charge in [0.05, 0.1) is 5.92 Å². The van der Waals surface area contributed by atoms with Crippen LogP contribution in [0.4, 0.5) is 14.9 Å². The molecule has 6 nitrogen and oxygen atoms in total. The Labute approximate surface area is 168 Å². The lowest BCUT2D eigenvalue weighted by atomic mass is 9.98. The number of halogens is 1. The second-order valence-corrected chi connectivity index (χ2v) is 7.50. The van der Waals surface area contributed by atoms with Crippen LogP contribution < -0.4 is 5.32 Å². The number of rotatable bonds is 3. The van der Waals surface area contributed by atoms with Crippen molar-refractivity contribution in [1.82, 2.24) is 15.0 Å². The maximum atomic E-state index is 13.1. The number of benzene rings is 2. The van der Waals surface area contributed by atoms with Gasteiger partial charge in [-0.05, 0) is 62.6 Å². The molecule has 1 aromatic heterocycles. The molecule has 0 aliphatic carbocycles. The number of urea groups is 1. The van der Waals surface area contributed by atoms with Crippen molar-refractivity contribution < 1.29 is 13.7 Å². The van der Waals surface area contributed by atoms with Gasteiger partial charge >= 0.3 is 6.03 Å². The fourth-order valence-electron chi connectivity index (χ4n) is 3.63. The molecule has 1 aliphatic rings. The molecule has 0 spiro atoms. The van der Waals surface area contributed by atoms with E-state index >= 15 is 0 Å². The Bertz CT molecular complexity index is 1020. The highest BCUT2D eigenvalue weighted by Crippen LogP contribution is 2.28. The minimum atomic E-state index is -0.310. The zero-order valence-electron chi connectivity index (χ0n) is 16.5. The third-order valence-corrected chi connectivity index (χ3v) is 5.23. The number of hydrogen-bond donors (Lipinski definition) is 1. The minimum Gasteiger partial charge on any atom is -0.339 e. The second kappa shape index (κ2) is 8.03. The minimum absolute atomic E-state index is 0.0182. The van der Waals surface area contributed by atoms with Crippen molar-refractivity contribution in [3.8, 4) is 11.4 Å². The number of piperidine rings is 1. The summed E-state index contributed by atoms with van der Waals surface area (Å²) >= 11 is 0. The monoisotopic (exact) mass is 394 g/mol. The SMILES string of the molecule is Cc1ccc(NC(=O)N2CCC[C@H](c3nc(-c4ccc(F)cc4)no3)C2)c(C)c1. The van der Waals surface area contributed by atoms with Crippen LogP contribution in [0.5, 0.6) is 0 Å². The van der Waals surface area contributed by atoms with Crippen molar-refractivity contribution in [3.63, 3.8) is 0 Å². The van der Waals surface area contributed by atoms with Crippen LogP contribution in [-0.4, -0.2) is 34.2 Å². The highest BCUT2D eigenvalue weighted by molar-refractivity contribution is 5.90. The number of carbonyl (C=O) groups excluding carboxylic acids is 1. The van der Waals surface area contributed by atoms with E-state index < -0.39 is 0 Å². The molecule has 1 fully saturated rings. The van der Waals surface area contributed by atoms with Gasteiger partial charge in [-0.25, -0.2) is 9.18 Å². The summed E-state index contributed by atoms with van der Waals surface area (Å²) in [6.07, 6.45) is 1.73. The largest absolute Gasteiger partial charge is 0.339 e. The molecule has 29 heavy (non-hydrogen) atoms. The summed E-state index contributed by atoms with van der Waals surface area (Å²) in [5.41, 5.74) is 3.71. The first-order valence-corrected chi connectivity index (χ1v) is 9.72. The number of nitrogens with one attached hydrogen (secondary N) is 1. The van der Waals surface area contributed by atoms with Crippen LogP contribution in [0.1, 0.15) is 35.8 Å². The van der Waals surface area contributed by atoms with Gasteiger partial charge in [0.2, 0.25) is 11.7 Å². The van der Waals surface area contributed by atoms with E-state index in [-0.39, 0.29) is 17.8 Å². The lowest BCUT2D eigenvalue weighted by molar-refractivity contribution is 0.184. The molecule has 7 heteroatoms. The van der Waals surface area contributed by atoms with E-state index in [0.717, 1.165) is 29.7 Å². The summed E-state index contributed by atoms with van der Waals surface area (Å²) in [6.45, 7) is 5.21. The summed E-state index contributed by atoms with van der Waals surface area (Å²) in [6, 6.07) is 11.8. The molecule has 3 aromatic rings. The molecule has 0 unspecified atom stereocenters. The molecule has 1 aliphatic heterocycles. The quantitative estimate of drug-likeness (QED) is 0.686. The Morgan fingerprint density at radius 2 is 2.00 bits per heavy atom. The lowest BCUT2D eigenvalue weighted by Gasteiger charge is -2.31. The molecule has 1 atom stereocenters. The van der Waals surface area contributed by atoms with Gasteiger partial charge in [0.15, 0.2) is 0 Å². The second-order valence-electron chi connectivity index (χ2n) is 7.50. The van der Waals surface area contributed by atoms with E-state index in [0.29, 0.717) is 30.4 Å². The number of carbonyl (C=O) groups is 1. The van der Waals surface area contributed by atoms with Crippen LogP contribution in [0.2, 0.25) is 0 Å². The van der Waals surface area contributed by atoms with Crippen molar-refractivity contribution in [3.05, 3.63) is 65.3 Å². The molecule has 1 saturated heterocycles. The molecular weight excluding hydrogens is 371 g/mol. The van der Waals surface area contributed by atoms with Gasteiger partial charge < -0.3 is 14.7 Å². The van der Waals surface area contributed by atoms with E-state index in [4.69, 9.17) is 4.52 Å². The molecular formula is C22H23FN4O2. The molecule has 0 radical (unpaired) electrons. The van der Waals surface area contributed by atoms with Gasteiger partial charge in [0.25, 0.3) is 0 Å². The zero-order valence-corrected chi connectivity index (χ0v) is 16.5. The fraction of sp³-hybridized carbons (Fsp3) is 0.318. The molecule has 2 aromatic carbocycles. The zero-order chi connectivity index (χ0) is 20.4. The normalized spacial score (nSPS) is 16.7. The van der Waals surface area contributed by atoms with E-state index in [1.54, 1.807) is 17.0 Å². The summed E-state index contributed by atoms with van der Waals surface area (Å²) < 4.78 is 18.6. The van der Waals surface area contributed by atoms with Crippen LogP contribution in [0.25, 0.3) is 11.4 Å². The van der Waals surface area contributed by atoms with Crippen molar-refractivity contribution in [1.29, 1.82) is 0 Å². The number of nitrogens with zero attached hydrogens (tertiary/aromatic N) is 3. The summed E-state index contributed by atoms with van der Waals surface area (Å²) in [7, 11) is 0. The Morgan fingerprint density at radius 3 is 2.76 bits per heavy atom. The Hall–Kier alpha value is -3.22. The average molecular weight is 394 g/mol. The lowest BCUT2D eigenvalue weighted by Crippen LogP contribution is -2.41. The molecule has 2 heterocycles. The van der Waals surface area contributed by atoms with Crippen LogP contribution in [0.15, 0.2) is 47.0 Å². The fourth-order valence-corrected chi connectivity index (χ4v) is 3.63. The number of hydrogen-bond acceptors (Lipinski definition) is 4. The molecule has 0 bridgehead atoms. The maximum absolute atomic E-state index is 13.1. The number of likely N-dealkylation sites (tertiary alicyclic amines) is 1. The number of amides is 2. The first-order valence-electron chi connectivity index (χ1n) is 9.72. The third-order valence-electron chi connectivity index (χ3n) is 5.23. The number of aryl methyl sites for hydroxylation is 2. The number of anilines is 1. The van der Waals surface area contributed by atoms with Gasteiger partial charge in [0.1, 0.15) is 5.82 Å². The summed E-state index contributed by atoms with van der Waals surface area (Å²) in [4.78, 5) is 19.0. The van der Waals surface area contributed by atoms with Crippen LogP contribution in [-0.2, 0) is 0 Å². The van der Waals surface area contributed by atoms with Gasteiger partial charge in [0, 0.05) is 24.3 Å². The van der Waals surface area contributed by atoms with Gasteiger partial charge in [-0.15, -0.1) is 0 Å². The summed E-state index contributed by atoms with van der Waals surface area (Å²) in [5, 5.41) is 7.02. The van der Waals surface area contributed by atoms with Gasteiger partial charge in [-0.1, -0.05) is 22.9 Å². The van der Waals surface area contributed by atoms with Crippen LogP contribution in [0.3, 0.4) is 0 Å². The topological polar surface area (TPSA) is 71.3 Å². The Morgan fingerprint density at radius 1 is 1.21 bits per heavy atom. The highest BCUT2D eigenvalue weighted by Gasteiger charge is 2.29. The Balaban J connectivity index is 1.44. The molecule has 150 valence electrons.